The summed E-state index contributed by atoms with van der Waals surface area (Å²) in [5, 5.41) is 7.14. The standard InChI is InChI=1S/C26H29N7O3/c1-16(2)32-25(34)21-14-28-26(29-19-7-6-17-8-10-27-13-18(17)12-19)31-24(21)33(32)22-4-3-5-23(30-22)36-20-9-11-35-15-20/h3-7,12,14,16,20,27H,8-11,13,15H2,1-2H3,(H,28,29,31). The Balaban J connectivity index is 1.40. The highest BCUT2D eigenvalue weighted by Gasteiger charge is 2.22. The number of hydrogen-bond donors (Lipinski definition) is 2. The highest BCUT2D eigenvalue weighted by atomic mass is 16.5. The van der Waals surface area contributed by atoms with Crippen molar-refractivity contribution < 1.29 is 9.47 Å². The van der Waals surface area contributed by atoms with E-state index in [0.29, 0.717) is 41.9 Å². The molecule has 0 radical (unpaired) electrons. The molecule has 2 aliphatic heterocycles. The largest absolute Gasteiger partial charge is 0.472 e. The minimum atomic E-state index is -0.163. The zero-order valence-corrected chi connectivity index (χ0v) is 20.4. The van der Waals surface area contributed by atoms with Crippen molar-refractivity contribution in [2.24, 2.45) is 0 Å². The van der Waals surface area contributed by atoms with Crippen molar-refractivity contribution in [2.75, 3.05) is 25.1 Å². The third-order valence-corrected chi connectivity index (χ3v) is 6.56. The van der Waals surface area contributed by atoms with Crippen LogP contribution in [0.5, 0.6) is 5.88 Å². The SMILES string of the molecule is CC(C)n1c(=O)c2cnc(Nc3ccc4c(c3)CNCC4)nc2n1-c1cccc(OC2CCOC2)n1. The molecule has 2 N–H and O–H groups in total. The van der Waals surface area contributed by atoms with Crippen LogP contribution in [0.3, 0.4) is 0 Å². The molecule has 0 spiro atoms. The number of anilines is 2. The van der Waals surface area contributed by atoms with Crippen molar-refractivity contribution in [1.29, 1.82) is 0 Å². The second-order valence-electron chi connectivity index (χ2n) is 9.46. The molecule has 0 aliphatic carbocycles. The molecule has 6 rings (SSSR count). The smallest absolute Gasteiger partial charge is 0.278 e. The zero-order chi connectivity index (χ0) is 24.6. The van der Waals surface area contributed by atoms with E-state index >= 15 is 0 Å². The maximum Gasteiger partial charge on any atom is 0.278 e. The van der Waals surface area contributed by atoms with Crippen molar-refractivity contribution in [3.63, 3.8) is 0 Å². The Morgan fingerprint density at radius 1 is 1.19 bits per heavy atom. The third kappa shape index (κ3) is 4.22. The fourth-order valence-corrected chi connectivity index (χ4v) is 4.80. The first-order chi connectivity index (χ1) is 17.6. The van der Waals surface area contributed by atoms with E-state index < -0.39 is 0 Å². The summed E-state index contributed by atoms with van der Waals surface area (Å²) in [6.45, 7) is 7.00. The van der Waals surface area contributed by atoms with Gasteiger partial charge in [-0.3, -0.25) is 4.79 Å². The molecule has 4 aromatic rings. The monoisotopic (exact) mass is 487 g/mol. The Morgan fingerprint density at radius 2 is 2.11 bits per heavy atom. The molecule has 1 saturated heterocycles. The van der Waals surface area contributed by atoms with Gasteiger partial charge in [0.1, 0.15) is 11.5 Å². The first-order valence-corrected chi connectivity index (χ1v) is 12.4. The summed E-state index contributed by atoms with van der Waals surface area (Å²) in [5.74, 6) is 1.45. The maximum atomic E-state index is 13.3. The molecule has 10 nitrogen and oxygen atoms in total. The van der Waals surface area contributed by atoms with Crippen LogP contribution in [0.25, 0.3) is 16.9 Å². The minimum absolute atomic E-state index is 0.0219. The summed E-state index contributed by atoms with van der Waals surface area (Å²) in [7, 11) is 0. The van der Waals surface area contributed by atoms with Crippen LogP contribution in [-0.2, 0) is 17.7 Å². The average molecular weight is 488 g/mol. The summed E-state index contributed by atoms with van der Waals surface area (Å²) < 4.78 is 14.8. The van der Waals surface area contributed by atoms with E-state index in [1.807, 2.05) is 38.1 Å². The molecular weight excluding hydrogens is 458 g/mol. The summed E-state index contributed by atoms with van der Waals surface area (Å²) in [5.41, 5.74) is 3.85. The first-order valence-electron chi connectivity index (χ1n) is 12.4. The molecule has 0 bridgehead atoms. The number of benzene rings is 1. The van der Waals surface area contributed by atoms with E-state index in [4.69, 9.17) is 19.4 Å². The Kier molecular flexibility index (Phi) is 5.90. The third-order valence-electron chi connectivity index (χ3n) is 6.56. The van der Waals surface area contributed by atoms with Crippen molar-refractivity contribution in [3.8, 4) is 11.7 Å². The molecule has 1 fully saturated rings. The van der Waals surface area contributed by atoms with Crippen LogP contribution in [-0.4, -0.2) is 50.2 Å². The van der Waals surface area contributed by atoms with Gasteiger partial charge in [0.2, 0.25) is 11.8 Å². The average Bonchev–Trinajstić information content (AvgIpc) is 3.50. The van der Waals surface area contributed by atoms with Gasteiger partial charge < -0.3 is 20.1 Å². The lowest BCUT2D eigenvalue weighted by Gasteiger charge is -2.18. The molecule has 1 aromatic carbocycles. The normalized spacial score (nSPS) is 17.5. The first kappa shape index (κ1) is 22.7. The molecule has 10 heteroatoms. The van der Waals surface area contributed by atoms with E-state index in [9.17, 15) is 4.79 Å². The van der Waals surface area contributed by atoms with Gasteiger partial charge in [-0.2, -0.15) is 9.97 Å². The van der Waals surface area contributed by atoms with Gasteiger partial charge in [-0.15, -0.1) is 0 Å². The summed E-state index contributed by atoms with van der Waals surface area (Å²) in [6, 6.07) is 11.7. The van der Waals surface area contributed by atoms with Gasteiger partial charge in [0.15, 0.2) is 11.5 Å². The Labute approximate surface area is 208 Å². The topological polar surface area (TPSA) is 108 Å². The molecule has 36 heavy (non-hydrogen) atoms. The van der Waals surface area contributed by atoms with Crippen LogP contribution in [0.4, 0.5) is 11.6 Å². The molecule has 5 heterocycles. The van der Waals surface area contributed by atoms with Crippen LogP contribution < -0.4 is 20.9 Å². The van der Waals surface area contributed by atoms with Crippen molar-refractivity contribution in [1.82, 2.24) is 29.6 Å². The lowest BCUT2D eigenvalue weighted by atomic mass is 10.0. The predicted octanol–water partition coefficient (Wildman–Crippen LogP) is 3.12. The molecule has 0 saturated carbocycles. The van der Waals surface area contributed by atoms with Gasteiger partial charge in [0.05, 0.1) is 13.2 Å². The number of ether oxygens (including phenoxy) is 2. The van der Waals surface area contributed by atoms with Gasteiger partial charge >= 0.3 is 0 Å². The molecule has 1 unspecified atom stereocenters. The van der Waals surface area contributed by atoms with Gasteiger partial charge in [-0.1, -0.05) is 12.1 Å². The van der Waals surface area contributed by atoms with Crippen molar-refractivity contribution in [2.45, 2.75) is 45.4 Å². The number of aromatic nitrogens is 5. The fourth-order valence-electron chi connectivity index (χ4n) is 4.80. The van der Waals surface area contributed by atoms with Crippen LogP contribution in [0, 0.1) is 0 Å². The molecular formula is C26H29N7O3. The number of nitrogens with zero attached hydrogens (tertiary/aromatic N) is 5. The molecule has 2 aliphatic rings. The zero-order valence-electron chi connectivity index (χ0n) is 20.4. The van der Waals surface area contributed by atoms with E-state index in [1.165, 1.54) is 11.1 Å². The number of fused-ring (bicyclic) bond motifs is 2. The maximum absolute atomic E-state index is 13.3. The lowest BCUT2D eigenvalue weighted by Crippen LogP contribution is -2.25. The number of hydrogen-bond acceptors (Lipinski definition) is 8. The van der Waals surface area contributed by atoms with E-state index in [0.717, 1.165) is 31.6 Å². The summed E-state index contributed by atoms with van der Waals surface area (Å²) in [4.78, 5) is 27.2. The van der Waals surface area contributed by atoms with Crippen LogP contribution in [0.2, 0.25) is 0 Å². The fraction of sp³-hybridized carbons (Fsp3) is 0.385. The molecule has 3 aromatic heterocycles. The summed E-state index contributed by atoms with van der Waals surface area (Å²) in [6.07, 6.45) is 3.41. The molecule has 0 amide bonds. The Morgan fingerprint density at radius 3 is 2.94 bits per heavy atom. The second kappa shape index (κ2) is 9.36. The highest BCUT2D eigenvalue weighted by molar-refractivity contribution is 5.77. The quantitative estimate of drug-likeness (QED) is 0.427. The predicted molar refractivity (Wildman–Crippen MR) is 136 cm³/mol. The molecule has 186 valence electrons. The van der Waals surface area contributed by atoms with Crippen LogP contribution in [0.15, 0.2) is 47.4 Å². The van der Waals surface area contributed by atoms with Crippen molar-refractivity contribution >= 4 is 22.7 Å². The van der Waals surface area contributed by atoms with Crippen LogP contribution in [0.1, 0.15) is 37.4 Å². The van der Waals surface area contributed by atoms with Crippen LogP contribution >= 0.6 is 0 Å². The van der Waals surface area contributed by atoms with Gasteiger partial charge in [-0.25, -0.2) is 14.3 Å². The number of rotatable bonds is 6. The van der Waals surface area contributed by atoms with Gasteiger partial charge in [0, 0.05) is 37.0 Å². The lowest BCUT2D eigenvalue weighted by molar-refractivity contribution is 0.138. The molecule has 1 atom stereocenters. The highest BCUT2D eigenvalue weighted by Crippen LogP contribution is 2.24. The second-order valence-corrected chi connectivity index (χ2v) is 9.46. The number of nitrogens with one attached hydrogen (secondary N) is 2. The summed E-state index contributed by atoms with van der Waals surface area (Å²) >= 11 is 0. The number of pyridine rings is 1. The van der Waals surface area contributed by atoms with Crippen molar-refractivity contribution in [3.05, 3.63) is 64.1 Å². The van der Waals surface area contributed by atoms with E-state index in [1.54, 1.807) is 15.6 Å². The van der Waals surface area contributed by atoms with E-state index in [-0.39, 0.29) is 17.7 Å². The Bertz CT molecular complexity index is 1470. The van der Waals surface area contributed by atoms with Gasteiger partial charge in [-0.05, 0) is 56.1 Å². The minimum Gasteiger partial charge on any atom is -0.472 e. The Hall–Kier alpha value is -3.76. The van der Waals surface area contributed by atoms with Gasteiger partial charge in [0.25, 0.3) is 5.56 Å². The van der Waals surface area contributed by atoms with E-state index in [2.05, 4.69) is 27.8 Å².